The van der Waals surface area contributed by atoms with Gasteiger partial charge in [0.2, 0.25) is 0 Å². The van der Waals surface area contributed by atoms with Crippen molar-refractivity contribution in [2.45, 2.75) is 26.4 Å². The van der Waals surface area contributed by atoms with Gasteiger partial charge in [-0.2, -0.15) is 0 Å². The Morgan fingerprint density at radius 2 is 1.90 bits per heavy atom. The molecule has 0 amide bonds. The van der Waals surface area contributed by atoms with E-state index < -0.39 is 6.10 Å². The molecule has 3 rings (SSSR count). The SMILES string of the molecule is CCc1ccc(-c2nc3ccc(Cl)cn3c2C(C)O)cc1. The van der Waals surface area contributed by atoms with E-state index in [0.717, 1.165) is 29.0 Å². The molecule has 2 heterocycles. The Labute approximate surface area is 128 Å². The van der Waals surface area contributed by atoms with Crippen LogP contribution < -0.4 is 0 Å². The van der Waals surface area contributed by atoms with Gasteiger partial charge in [0.05, 0.1) is 22.5 Å². The molecule has 1 aromatic carbocycles. The number of aliphatic hydroxyl groups excluding tert-OH is 1. The van der Waals surface area contributed by atoms with Crippen molar-refractivity contribution < 1.29 is 5.11 Å². The zero-order valence-electron chi connectivity index (χ0n) is 12.0. The Bertz CT molecular complexity index is 775. The summed E-state index contributed by atoms with van der Waals surface area (Å²) in [5, 5.41) is 10.8. The smallest absolute Gasteiger partial charge is 0.137 e. The van der Waals surface area contributed by atoms with Crippen LogP contribution in [0.3, 0.4) is 0 Å². The summed E-state index contributed by atoms with van der Waals surface area (Å²) in [6.45, 7) is 3.87. The molecule has 1 atom stereocenters. The summed E-state index contributed by atoms with van der Waals surface area (Å²) >= 11 is 6.06. The van der Waals surface area contributed by atoms with Gasteiger partial charge in [-0.25, -0.2) is 4.98 Å². The second-order valence-corrected chi connectivity index (χ2v) is 5.58. The monoisotopic (exact) mass is 300 g/mol. The van der Waals surface area contributed by atoms with Crippen LogP contribution in [0.5, 0.6) is 0 Å². The normalized spacial score (nSPS) is 12.8. The van der Waals surface area contributed by atoms with Crippen LogP contribution in [0.4, 0.5) is 0 Å². The summed E-state index contributed by atoms with van der Waals surface area (Å²) in [6.07, 6.45) is 2.17. The van der Waals surface area contributed by atoms with Crippen molar-refractivity contribution in [1.29, 1.82) is 0 Å². The summed E-state index contributed by atoms with van der Waals surface area (Å²) in [4.78, 5) is 4.65. The van der Waals surface area contributed by atoms with Crippen molar-refractivity contribution in [2.24, 2.45) is 0 Å². The number of nitrogens with zero attached hydrogens (tertiary/aromatic N) is 2. The molecule has 0 aliphatic rings. The maximum atomic E-state index is 10.1. The van der Waals surface area contributed by atoms with Crippen molar-refractivity contribution in [2.75, 3.05) is 0 Å². The Kier molecular flexibility index (Phi) is 3.70. The number of rotatable bonds is 3. The van der Waals surface area contributed by atoms with Gasteiger partial charge in [-0.3, -0.25) is 4.40 Å². The number of benzene rings is 1. The van der Waals surface area contributed by atoms with Crippen LogP contribution >= 0.6 is 11.6 Å². The molecular formula is C17H17ClN2O. The average Bonchev–Trinajstić information content (AvgIpc) is 2.86. The summed E-state index contributed by atoms with van der Waals surface area (Å²) in [6, 6.07) is 12.0. The Balaban J connectivity index is 2.23. The maximum absolute atomic E-state index is 10.1. The van der Waals surface area contributed by atoms with Crippen molar-refractivity contribution in [3.63, 3.8) is 0 Å². The van der Waals surface area contributed by atoms with Gasteiger partial charge < -0.3 is 5.11 Å². The lowest BCUT2D eigenvalue weighted by Gasteiger charge is -2.08. The molecule has 21 heavy (non-hydrogen) atoms. The van der Waals surface area contributed by atoms with Gasteiger partial charge in [0.25, 0.3) is 0 Å². The molecule has 3 aromatic rings. The predicted molar refractivity (Wildman–Crippen MR) is 85.6 cm³/mol. The molecule has 0 radical (unpaired) electrons. The zero-order chi connectivity index (χ0) is 15.0. The van der Waals surface area contributed by atoms with Gasteiger partial charge in [0.15, 0.2) is 0 Å². The van der Waals surface area contributed by atoms with E-state index in [1.165, 1.54) is 5.56 Å². The molecular weight excluding hydrogens is 284 g/mol. The summed E-state index contributed by atoms with van der Waals surface area (Å²) < 4.78 is 1.86. The highest BCUT2D eigenvalue weighted by molar-refractivity contribution is 6.30. The second kappa shape index (κ2) is 5.51. The topological polar surface area (TPSA) is 37.5 Å². The summed E-state index contributed by atoms with van der Waals surface area (Å²) in [7, 11) is 0. The molecule has 0 aliphatic heterocycles. The third-order valence-electron chi connectivity index (χ3n) is 3.65. The molecule has 0 saturated heterocycles. The molecule has 1 N–H and O–H groups in total. The van der Waals surface area contributed by atoms with Gasteiger partial charge in [0.1, 0.15) is 5.65 Å². The highest BCUT2D eigenvalue weighted by atomic mass is 35.5. The standard InChI is InChI=1S/C17H17ClN2O/c1-3-12-4-6-13(7-5-12)16-17(11(2)21)20-10-14(18)8-9-15(20)19-16/h4-11,21H,3H2,1-2H3. The lowest BCUT2D eigenvalue weighted by Crippen LogP contribution is -1.99. The van der Waals surface area contributed by atoms with Crippen molar-refractivity contribution in [3.05, 3.63) is 58.9 Å². The highest BCUT2D eigenvalue weighted by Gasteiger charge is 2.18. The minimum atomic E-state index is -0.626. The van der Waals surface area contributed by atoms with E-state index in [4.69, 9.17) is 11.6 Å². The number of aliphatic hydroxyl groups is 1. The lowest BCUT2D eigenvalue weighted by molar-refractivity contribution is 0.194. The Morgan fingerprint density at radius 1 is 1.19 bits per heavy atom. The van der Waals surface area contributed by atoms with Crippen LogP contribution in [-0.2, 0) is 6.42 Å². The predicted octanol–water partition coefficient (Wildman–Crippen LogP) is 4.27. The number of fused-ring (bicyclic) bond motifs is 1. The van der Waals surface area contributed by atoms with E-state index in [0.29, 0.717) is 5.02 Å². The third-order valence-corrected chi connectivity index (χ3v) is 3.87. The van der Waals surface area contributed by atoms with Gasteiger partial charge >= 0.3 is 0 Å². The molecule has 2 aromatic heterocycles. The van der Waals surface area contributed by atoms with E-state index in [2.05, 4.69) is 24.0 Å². The van der Waals surface area contributed by atoms with Crippen LogP contribution in [0.25, 0.3) is 16.9 Å². The fraction of sp³-hybridized carbons (Fsp3) is 0.235. The average molecular weight is 301 g/mol. The van der Waals surface area contributed by atoms with Gasteiger partial charge in [-0.15, -0.1) is 0 Å². The van der Waals surface area contributed by atoms with E-state index in [-0.39, 0.29) is 0 Å². The van der Waals surface area contributed by atoms with Crippen molar-refractivity contribution in [3.8, 4) is 11.3 Å². The first-order valence-corrected chi connectivity index (χ1v) is 7.43. The summed E-state index contributed by atoms with van der Waals surface area (Å²) in [5.74, 6) is 0. The highest BCUT2D eigenvalue weighted by Crippen LogP contribution is 2.30. The first kappa shape index (κ1) is 14.1. The van der Waals surface area contributed by atoms with Crippen LogP contribution in [0.2, 0.25) is 5.02 Å². The minimum absolute atomic E-state index is 0.620. The Morgan fingerprint density at radius 3 is 2.52 bits per heavy atom. The fourth-order valence-corrected chi connectivity index (χ4v) is 2.71. The van der Waals surface area contributed by atoms with Crippen molar-refractivity contribution >= 4 is 17.2 Å². The van der Waals surface area contributed by atoms with E-state index >= 15 is 0 Å². The number of imidazole rings is 1. The molecule has 0 saturated carbocycles. The number of aromatic nitrogens is 2. The van der Waals surface area contributed by atoms with Crippen LogP contribution in [0, 0.1) is 0 Å². The largest absolute Gasteiger partial charge is 0.387 e. The summed E-state index contributed by atoms with van der Waals surface area (Å²) in [5.41, 5.74) is 4.63. The fourth-order valence-electron chi connectivity index (χ4n) is 2.55. The van der Waals surface area contributed by atoms with Crippen LogP contribution in [0.1, 0.15) is 31.2 Å². The van der Waals surface area contributed by atoms with Crippen LogP contribution in [-0.4, -0.2) is 14.5 Å². The van der Waals surface area contributed by atoms with Gasteiger partial charge in [0, 0.05) is 11.8 Å². The van der Waals surface area contributed by atoms with E-state index in [1.807, 2.05) is 22.6 Å². The zero-order valence-corrected chi connectivity index (χ0v) is 12.8. The number of hydrogen-bond acceptors (Lipinski definition) is 2. The molecule has 0 spiro atoms. The maximum Gasteiger partial charge on any atom is 0.137 e. The number of pyridine rings is 1. The first-order chi connectivity index (χ1) is 10.1. The van der Waals surface area contributed by atoms with Gasteiger partial charge in [-0.1, -0.05) is 42.8 Å². The van der Waals surface area contributed by atoms with E-state index in [9.17, 15) is 5.11 Å². The van der Waals surface area contributed by atoms with Crippen LogP contribution in [0.15, 0.2) is 42.6 Å². The molecule has 1 unspecified atom stereocenters. The number of halogens is 1. The minimum Gasteiger partial charge on any atom is -0.387 e. The number of aryl methyl sites for hydroxylation is 1. The molecule has 0 fully saturated rings. The second-order valence-electron chi connectivity index (χ2n) is 5.15. The molecule has 3 nitrogen and oxygen atoms in total. The molecule has 0 bridgehead atoms. The molecule has 0 aliphatic carbocycles. The molecule has 108 valence electrons. The quantitative estimate of drug-likeness (QED) is 0.784. The third kappa shape index (κ3) is 2.55. The Hall–Kier alpha value is -1.84. The van der Waals surface area contributed by atoms with Gasteiger partial charge in [-0.05, 0) is 31.0 Å². The first-order valence-electron chi connectivity index (χ1n) is 7.05. The van der Waals surface area contributed by atoms with Crippen molar-refractivity contribution in [1.82, 2.24) is 9.38 Å². The lowest BCUT2D eigenvalue weighted by atomic mass is 10.0. The number of hydrogen-bond donors (Lipinski definition) is 1. The van der Waals surface area contributed by atoms with E-state index in [1.54, 1.807) is 19.2 Å². The molecule has 4 heteroatoms.